The smallest absolute Gasteiger partial charge is 0.407 e. The van der Waals surface area contributed by atoms with E-state index in [1.165, 1.54) is 19.4 Å². The molecule has 0 radical (unpaired) electrons. The van der Waals surface area contributed by atoms with Crippen molar-refractivity contribution in [2.75, 3.05) is 25.1 Å². The van der Waals surface area contributed by atoms with E-state index in [0.717, 1.165) is 0 Å². The Kier molecular flexibility index (Phi) is 6.43. The third-order valence-corrected chi connectivity index (χ3v) is 4.76. The summed E-state index contributed by atoms with van der Waals surface area (Å²) in [4.78, 5) is 18.3. The number of fused-ring (bicyclic) bond motifs is 1. The first-order chi connectivity index (χ1) is 14.2. The number of halogens is 2. The third kappa shape index (κ3) is 5.17. The van der Waals surface area contributed by atoms with E-state index in [1.807, 2.05) is 4.90 Å². The molecule has 8 heteroatoms. The molecule has 1 aromatic heterocycles. The molecule has 1 aliphatic heterocycles. The number of alkyl halides is 1. The molecular formula is C22H27F2N3O3. The highest BCUT2D eigenvalue weighted by molar-refractivity contribution is 5.92. The summed E-state index contributed by atoms with van der Waals surface area (Å²) in [6, 6.07) is 5.68. The highest BCUT2D eigenvalue weighted by atomic mass is 19.1. The summed E-state index contributed by atoms with van der Waals surface area (Å²) in [5.41, 5.74) is 1.07. The van der Waals surface area contributed by atoms with Crippen molar-refractivity contribution in [3.05, 3.63) is 42.0 Å². The number of aromatic nitrogens is 1. The standard InChI is InChI=1S/C22H27F2N3O3/c1-22(2,3)30-21(28)26-18-9-11-27(13-17(18)24)19-8-7-16(23)15-6-5-14(10-12-29-4)25-20(15)19/h5-8,10,12,17-18H,9,11,13H2,1-4H3,(H,26,28). The van der Waals surface area contributed by atoms with Crippen molar-refractivity contribution in [2.45, 2.75) is 45.0 Å². The van der Waals surface area contributed by atoms with Crippen LogP contribution in [0.2, 0.25) is 0 Å². The van der Waals surface area contributed by atoms with Gasteiger partial charge in [0.2, 0.25) is 0 Å². The van der Waals surface area contributed by atoms with Crippen LogP contribution in [-0.4, -0.2) is 49.1 Å². The molecule has 1 fully saturated rings. The van der Waals surface area contributed by atoms with Crippen LogP contribution in [0.15, 0.2) is 30.5 Å². The van der Waals surface area contributed by atoms with Crippen LogP contribution in [0.5, 0.6) is 0 Å². The normalized spacial score (nSPS) is 19.9. The lowest BCUT2D eigenvalue weighted by Gasteiger charge is -2.37. The highest BCUT2D eigenvalue weighted by Crippen LogP contribution is 2.30. The second-order valence-corrected chi connectivity index (χ2v) is 8.24. The molecule has 0 bridgehead atoms. The Balaban J connectivity index is 1.79. The van der Waals surface area contributed by atoms with Crippen molar-refractivity contribution in [1.29, 1.82) is 0 Å². The molecular weight excluding hydrogens is 392 g/mol. The number of benzene rings is 1. The molecule has 6 nitrogen and oxygen atoms in total. The Bertz CT molecular complexity index is 943. The summed E-state index contributed by atoms with van der Waals surface area (Å²) in [7, 11) is 1.53. The topological polar surface area (TPSA) is 63.7 Å². The molecule has 0 saturated carbocycles. The molecule has 162 valence electrons. The van der Waals surface area contributed by atoms with Crippen molar-refractivity contribution in [3.8, 4) is 0 Å². The van der Waals surface area contributed by atoms with Crippen molar-refractivity contribution in [3.63, 3.8) is 0 Å². The molecule has 0 spiro atoms. The molecule has 30 heavy (non-hydrogen) atoms. The number of anilines is 1. The average molecular weight is 419 g/mol. The van der Waals surface area contributed by atoms with Crippen LogP contribution in [0, 0.1) is 5.82 Å². The maximum atomic E-state index is 14.9. The van der Waals surface area contributed by atoms with Gasteiger partial charge < -0.3 is 19.7 Å². The average Bonchev–Trinajstić information content (AvgIpc) is 2.67. The van der Waals surface area contributed by atoms with Crippen molar-refractivity contribution in [2.24, 2.45) is 0 Å². The fraction of sp³-hybridized carbons (Fsp3) is 0.455. The predicted octanol–water partition coefficient (Wildman–Crippen LogP) is 4.43. The molecule has 1 aromatic carbocycles. The largest absolute Gasteiger partial charge is 0.504 e. The predicted molar refractivity (Wildman–Crippen MR) is 113 cm³/mol. The highest BCUT2D eigenvalue weighted by Gasteiger charge is 2.32. The lowest BCUT2D eigenvalue weighted by Crippen LogP contribution is -2.53. The van der Waals surface area contributed by atoms with Gasteiger partial charge in [0, 0.05) is 11.9 Å². The van der Waals surface area contributed by atoms with Gasteiger partial charge >= 0.3 is 6.09 Å². The maximum absolute atomic E-state index is 14.9. The van der Waals surface area contributed by atoms with Crippen LogP contribution in [-0.2, 0) is 9.47 Å². The number of carbonyl (C=O) groups is 1. The van der Waals surface area contributed by atoms with Crippen molar-refractivity contribution < 1.29 is 23.0 Å². The van der Waals surface area contributed by atoms with Crippen LogP contribution >= 0.6 is 0 Å². The molecule has 2 aromatic rings. The zero-order chi connectivity index (χ0) is 21.9. The maximum Gasteiger partial charge on any atom is 0.407 e. The molecule has 1 N–H and O–H groups in total. The van der Waals surface area contributed by atoms with E-state index in [1.54, 1.807) is 45.0 Å². The number of amides is 1. The Hall–Kier alpha value is -2.90. The van der Waals surface area contributed by atoms with Gasteiger partial charge in [-0.1, -0.05) is 0 Å². The zero-order valence-electron chi connectivity index (χ0n) is 17.6. The zero-order valence-corrected chi connectivity index (χ0v) is 17.6. The van der Waals surface area contributed by atoms with E-state index in [4.69, 9.17) is 9.47 Å². The van der Waals surface area contributed by atoms with Crippen molar-refractivity contribution >= 4 is 28.8 Å². The Labute approximate surface area is 174 Å². The van der Waals surface area contributed by atoms with Gasteiger partial charge in [-0.3, -0.25) is 0 Å². The quantitative estimate of drug-likeness (QED) is 0.743. The molecule has 0 aliphatic carbocycles. The summed E-state index contributed by atoms with van der Waals surface area (Å²) in [5, 5.41) is 2.98. The van der Waals surface area contributed by atoms with Crippen molar-refractivity contribution in [1.82, 2.24) is 10.3 Å². The summed E-state index contributed by atoms with van der Waals surface area (Å²) in [5.74, 6) is -0.387. The Morgan fingerprint density at radius 1 is 1.30 bits per heavy atom. The second kappa shape index (κ2) is 8.85. The van der Waals surface area contributed by atoms with E-state index in [9.17, 15) is 13.6 Å². The van der Waals surface area contributed by atoms with Gasteiger partial charge in [0.15, 0.2) is 0 Å². The number of nitrogens with one attached hydrogen (secondary N) is 1. The van der Waals surface area contributed by atoms with Gasteiger partial charge in [-0.2, -0.15) is 0 Å². The Morgan fingerprint density at radius 2 is 2.07 bits per heavy atom. The number of piperidine rings is 1. The summed E-state index contributed by atoms with van der Waals surface area (Å²) in [6.45, 7) is 5.81. The fourth-order valence-corrected chi connectivity index (χ4v) is 3.41. The van der Waals surface area contributed by atoms with Gasteiger partial charge in [0.05, 0.1) is 42.9 Å². The number of alkyl carbamates (subject to hydrolysis) is 1. The summed E-state index contributed by atoms with van der Waals surface area (Å²) < 4.78 is 39.3. The second-order valence-electron chi connectivity index (χ2n) is 8.24. The minimum atomic E-state index is -1.30. The van der Waals surface area contributed by atoms with Crippen LogP contribution in [0.1, 0.15) is 32.9 Å². The monoisotopic (exact) mass is 419 g/mol. The minimum Gasteiger partial charge on any atom is -0.504 e. The number of methoxy groups -OCH3 is 1. The van der Waals surface area contributed by atoms with Crippen LogP contribution in [0.4, 0.5) is 19.3 Å². The number of nitrogens with zero attached hydrogens (tertiary/aromatic N) is 2. The van der Waals surface area contributed by atoms with Gasteiger partial charge in [-0.25, -0.2) is 18.6 Å². The van der Waals surface area contributed by atoms with Crippen LogP contribution < -0.4 is 10.2 Å². The fourth-order valence-electron chi connectivity index (χ4n) is 3.41. The van der Waals surface area contributed by atoms with Gasteiger partial charge in [-0.05, 0) is 57.5 Å². The summed E-state index contributed by atoms with van der Waals surface area (Å²) >= 11 is 0. The first-order valence-electron chi connectivity index (χ1n) is 9.85. The lowest BCUT2D eigenvalue weighted by atomic mass is 10.0. The molecule has 3 rings (SSSR count). The van der Waals surface area contributed by atoms with Gasteiger partial charge in [0.1, 0.15) is 17.6 Å². The number of hydrogen-bond donors (Lipinski definition) is 1. The molecule has 1 aliphatic rings. The first-order valence-corrected chi connectivity index (χ1v) is 9.85. The molecule has 2 atom stereocenters. The van der Waals surface area contributed by atoms with E-state index >= 15 is 0 Å². The number of pyridine rings is 1. The van der Waals surface area contributed by atoms with Crippen LogP contribution in [0.25, 0.3) is 17.0 Å². The van der Waals surface area contributed by atoms with E-state index in [0.29, 0.717) is 35.2 Å². The molecule has 1 saturated heterocycles. The van der Waals surface area contributed by atoms with Gasteiger partial charge in [-0.15, -0.1) is 0 Å². The number of hydrogen-bond acceptors (Lipinski definition) is 5. The SMILES string of the molecule is COC=Cc1ccc2c(F)ccc(N3CCC(NC(=O)OC(C)(C)C)C(F)C3)c2n1. The number of ether oxygens (including phenoxy) is 2. The van der Waals surface area contributed by atoms with E-state index < -0.39 is 23.9 Å². The minimum absolute atomic E-state index is 0.0566. The van der Waals surface area contributed by atoms with E-state index in [-0.39, 0.29) is 12.4 Å². The third-order valence-electron chi connectivity index (χ3n) is 4.76. The number of rotatable bonds is 4. The van der Waals surface area contributed by atoms with E-state index in [2.05, 4.69) is 10.3 Å². The first kappa shape index (κ1) is 21.8. The molecule has 2 heterocycles. The number of carbonyl (C=O) groups excluding carboxylic acids is 1. The summed E-state index contributed by atoms with van der Waals surface area (Å²) in [6.07, 6.45) is 1.61. The Morgan fingerprint density at radius 3 is 2.73 bits per heavy atom. The van der Waals surface area contributed by atoms with Crippen LogP contribution in [0.3, 0.4) is 0 Å². The lowest BCUT2D eigenvalue weighted by molar-refractivity contribution is 0.0463. The van der Waals surface area contributed by atoms with Gasteiger partial charge in [0.25, 0.3) is 0 Å². The molecule has 1 amide bonds. The molecule has 2 unspecified atom stereocenters.